The maximum absolute atomic E-state index is 8.11. The second-order valence-electron chi connectivity index (χ2n) is 1.26. The second-order valence-corrected chi connectivity index (χ2v) is 1.26. The van der Waals surface area contributed by atoms with Gasteiger partial charge in [0.25, 0.3) is 0 Å². The van der Waals surface area contributed by atoms with E-state index >= 15 is 0 Å². The first kappa shape index (κ1) is 22.7. The number of nitrogens with zero attached hydrogens (tertiary/aromatic N) is 3. The lowest BCUT2D eigenvalue weighted by molar-refractivity contribution is 0.110. The molecule has 0 saturated carbocycles. The zero-order chi connectivity index (χ0) is 12.4. The van der Waals surface area contributed by atoms with Crippen LogP contribution in [0, 0.1) is 30.3 Å². The van der Waals surface area contributed by atoms with E-state index in [4.69, 9.17) is 40.6 Å². The van der Waals surface area contributed by atoms with Crippen LogP contribution >= 0.6 is 0 Å². The molecule has 0 fully saturated rings. The predicted molar refractivity (Wildman–Crippen MR) is 46.3 cm³/mol. The maximum atomic E-state index is 8.11. The quantitative estimate of drug-likeness (QED) is 0.452. The topological polar surface area (TPSA) is 198 Å². The first-order chi connectivity index (χ1) is 6.51. The van der Waals surface area contributed by atoms with Crippen LogP contribution in [0.3, 0.4) is 0 Å². The maximum Gasteiger partial charge on any atom is 0.0742 e. The molecule has 0 amide bonds. The minimum absolute atomic E-state index is 0.139. The van der Waals surface area contributed by atoms with Gasteiger partial charge in [0.05, 0.1) is 12.7 Å². The summed E-state index contributed by atoms with van der Waals surface area (Å²) >= 11 is 0. The fourth-order valence-electron chi connectivity index (χ4n) is 0. The molecule has 0 spiro atoms. The summed E-state index contributed by atoms with van der Waals surface area (Å²) in [5.74, 6) is 0. The first-order valence-electron chi connectivity index (χ1n) is 2.66. The highest BCUT2D eigenvalue weighted by Crippen LogP contribution is 1.68. The summed E-state index contributed by atoms with van der Waals surface area (Å²) in [5.41, 5.74) is 0. The molecule has 0 aromatic carbocycles. The lowest BCUT2D eigenvalue weighted by Crippen LogP contribution is -2.03. The van der Waals surface area contributed by atoms with Crippen molar-refractivity contribution >= 4 is 0 Å². The highest BCUT2D eigenvalue weighted by atomic mass is 16.6. The molecule has 14 heavy (non-hydrogen) atoms. The summed E-state index contributed by atoms with van der Waals surface area (Å²) in [6, 6.07) is 0. The van der Waals surface area contributed by atoms with E-state index in [0.29, 0.717) is 0 Å². The van der Waals surface area contributed by atoms with E-state index in [-0.39, 0.29) is 6.61 Å². The van der Waals surface area contributed by atoms with Crippen molar-refractivity contribution in [1.82, 2.24) is 0 Å². The van der Waals surface area contributed by atoms with Gasteiger partial charge < -0.3 is 40.6 Å². The van der Waals surface area contributed by atoms with Gasteiger partial charge in [-0.25, -0.2) is 0 Å². The van der Waals surface area contributed by atoms with E-state index in [1.807, 2.05) is 0 Å². The van der Waals surface area contributed by atoms with Gasteiger partial charge in [-0.3, -0.25) is 0 Å². The van der Waals surface area contributed by atoms with Crippen LogP contribution in [0.1, 0.15) is 6.92 Å². The Balaban J connectivity index is -0.0000000495. The van der Waals surface area contributed by atoms with Crippen LogP contribution < -0.4 is 0 Å². The molecule has 86 valence electrons. The van der Waals surface area contributed by atoms with Crippen LogP contribution in [0.15, 0.2) is 16.0 Å². The van der Waals surface area contributed by atoms with Gasteiger partial charge >= 0.3 is 0 Å². The third-order valence-electron chi connectivity index (χ3n) is 0.264. The minimum Gasteiger partial charge on any atom is -0.444 e. The molecule has 11 nitrogen and oxygen atoms in total. The molecule has 0 radical (unpaired) electrons. The van der Waals surface area contributed by atoms with Crippen LogP contribution in [0.4, 0.5) is 0 Å². The largest absolute Gasteiger partial charge is 0.444 e. The highest BCUT2D eigenvalue weighted by Gasteiger charge is 1.83. The zero-order valence-corrected chi connectivity index (χ0v) is 6.97. The Hall–Kier alpha value is -1.88. The van der Waals surface area contributed by atoms with Crippen molar-refractivity contribution in [2.75, 3.05) is 6.61 Å². The van der Waals surface area contributed by atoms with Crippen molar-refractivity contribution in [2.24, 2.45) is 16.0 Å². The molecule has 0 rings (SSSR count). The Labute approximate surface area is 77.4 Å². The molecule has 0 aromatic heterocycles. The number of aliphatic hydroxyl groups is 2. The molecule has 0 aliphatic heterocycles. The lowest BCUT2D eigenvalue weighted by atomic mass is 10.5. The van der Waals surface area contributed by atoms with Gasteiger partial charge in [0, 0.05) is 0 Å². The fourth-order valence-corrected chi connectivity index (χ4v) is 0. The molecule has 0 saturated heterocycles. The van der Waals surface area contributed by atoms with Gasteiger partial charge in [0.1, 0.15) is 0 Å². The SMILES string of the molecule is CC(O)CO.O=N[O-].O=N[O-].O=N[O-]. The van der Waals surface area contributed by atoms with E-state index in [9.17, 15) is 0 Å². The van der Waals surface area contributed by atoms with E-state index < -0.39 is 6.10 Å². The van der Waals surface area contributed by atoms with Gasteiger partial charge in [0.15, 0.2) is 0 Å². The Kier molecular flexibility index (Phi) is 70.5. The number of aliphatic hydroxyl groups excluding tert-OH is 2. The van der Waals surface area contributed by atoms with Crippen LogP contribution in [0.2, 0.25) is 0 Å². The minimum atomic E-state index is -0.560. The second kappa shape index (κ2) is 43.4. The Bertz CT molecular complexity index is 93.7. The summed E-state index contributed by atoms with van der Waals surface area (Å²) in [7, 11) is 0. The highest BCUT2D eigenvalue weighted by molar-refractivity contribution is 4.34. The predicted octanol–water partition coefficient (Wildman–Crippen LogP) is 0.111. The monoisotopic (exact) mass is 214 g/mol. The van der Waals surface area contributed by atoms with Crippen LogP contribution in [0.25, 0.3) is 0 Å². The molecule has 1 atom stereocenters. The first-order valence-corrected chi connectivity index (χ1v) is 2.66. The van der Waals surface area contributed by atoms with Gasteiger partial charge in [0.2, 0.25) is 0 Å². The standard InChI is InChI=1S/C3H8O2.3HNO2/c1-3(5)2-4;3*2-1-3/h3-5H,2H2,1H3;3*(H,2,3)/p-3. The molecule has 0 aromatic rings. The number of hydrogen-bond acceptors (Lipinski definition) is 11. The van der Waals surface area contributed by atoms with E-state index in [1.165, 1.54) is 6.92 Å². The Morgan fingerprint density at radius 1 is 1.07 bits per heavy atom. The normalized spacial score (nSPS) is 7.93. The van der Waals surface area contributed by atoms with E-state index in [0.717, 1.165) is 16.0 Å². The lowest BCUT2D eigenvalue weighted by Gasteiger charge is -1.90. The summed E-state index contributed by atoms with van der Waals surface area (Å²) in [4.78, 5) is 24.0. The third kappa shape index (κ3) is 58500. The van der Waals surface area contributed by atoms with Crippen molar-refractivity contribution in [1.29, 1.82) is 0 Å². The van der Waals surface area contributed by atoms with Crippen molar-refractivity contribution in [3.8, 4) is 0 Å². The van der Waals surface area contributed by atoms with E-state index in [2.05, 4.69) is 0 Å². The van der Waals surface area contributed by atoms with E-state index in [1.54, 1.807) is 0 Å². The number of hydrogen-bond donors (Lipinski definition) is 2. The molecule has 1 unspecified atom stereocenters. The van der Waals surface area contributed by atoms with Gasteiger partial charge in [-0.2, -0.15) is 0 Å². The zero-order valence-electron chi connectivity index (χ0n) is 6.97. The van der Waals surface area contributed by atoms with Gasteiger partial charge in [-0.1, -0.05) is 0 Å². The third-order valence-corrected chi connectivity index (χ3v) is 0.264. The Morgan fingerprint density at radius 2 is 1.14 bits per heavy atom. The molecular weight excluding hydrogens is 206 g/mol. The van der Waals surface area contributed by atoms with Crippen LogP contribution in [-0.4, -0.2) is 22.9 Å². The molecule has 0 aliphatic rings. The molecule has 0 heterocycles. The van der Waals surface area contributed by atoms with Gasteiger partial charge in [-0.15, -0.1) is 16.0 Å². The Morgan fingerprint density at radius 3 is 1.14 bits per heavy atom. The summed E-state index contributed by atoms with van der Waals surface area (Å²) < 4.78 is 0. The fraction of sp³-hybridized carbons (Fsp3) is 1.00. The van der Waals surface area contributed by atoms with Crippen molar-refractivity contribution in [2.45, 2.75) is 13.0 Å². The van der Waals surface area contributed by atoms with Crippen LogP contribution in [0.5, 0.6) is 0 Å². The number of rotatable bonds is 1. The molecular formula is C3H8N3O8-3. The average molecular weight is 214 g/mol. The summed E-state index contributed by atoms with van der Waals surface area (Å²) in [6.45, 7) is 1.39. The van der Waals surface area contributed by atoms with Crippen molar-refractivity contribution in [3.05, 3.63) is 30.3 Å². The van der Waals surface area contributed by atoms with Crippen molar-refractivity contribution in [3.63, 3.8) is 0 Å². The summed E-state index contributed by atoms with van der Waals surface area (Å²) in [6.07, 6.45) is -0.560. The summed E-state index contributed by atoms with van der Waals surface area (Å²) in [5, 5.41) is 43.0. The average Bonchev–Trinajstić information content (AvgIpc) is 2.08. The molecule has 0 bridgehead atoms. The van der Waals surface area contributed by atoms with Gasteiger partial charge in [-0.05, 0) is 6.92 Å². The molecule has 0 aliphatic carbocycles. The molecule has 11 heteroatoms. The van der Waals surface area contributed by atoms with Crippen molar-refractivity contribution < 1.29 is 10.2 Å². The molecule has 2 N–H and O–H groups in total. The van der Waals surface area contributed by atoms with Crippen LogP contribution in [-0.2, 0) is 0 Å². The smallest absolute Gasteiger partial charge is 0.0742 e.